The number of alkyl halides is 3. The van der Waals surface area contributed by atoms with Gasteiger partial charge >= 0.3 is 12.4 Å². The Morgan fingerprint density at radius 3 is 2.52 bits per heavy atom. The zero-order chi connectivity index (χ0) is 20.2. The van der Waals surface area contributed by atoms with Crippen LogP contribution in [-0.2, 0) is 0 Å². The minimum Gasteiger partial charge on any atom is -0.406 e. The van der Waals surface area contributed by atoms with Gasteiger partial charge in [0.2, 0.25) is 0 Å². The number of benzene rings is 2. The van der Waals surface area contributed by atoms with Crippen LogP contribution in [-0.4, -0.2) is 29.3 Å². The van der Waals surface area contributed by atoms with Gasteiger partial charge in [0.1, 0.15) is 5.75 Å². The Morgan fingerprint density at radius 2 is 1.89 bits per heavy atom. The van der Waals surface area contributed by atoms with E-state index in [9.17, 15) is 28.1 Å². The summed E-state index contributed by atoms with van der Waals surface area (Å²) in [5.74, 6) is -0.463. The second kappa shape index (κ2) is 7.94. The molecule has 27 heavy (non-hydrogen) atoms. The molecule has 2 amide bonds. The van der Waals surface area contributed by atoms with Crippen molar-refractivity contribution < 1.29 is 27.6 Å². The molecule has 0 fully saturated rings. The summed E-state index contributed by atoms with van der Waals surface area (Å²) < 4.78 is 40.7. The second-order valence-corrected chi connectivity index (χ2v) is 5.64. The number of anilines is 1. The number of nitro groups is 1. The highest BCUT2D eigenvalue weighted by molar-refractivity contribution is 5.89. The van der Waals surface area contributed by atoms with Gasteiger partial charge in [-0.15, -0.1) is 13.2 Å². The molecule has 2 rings (SSSR count). The first-order valence-electron chi connectivity index (χ1n) is 7.71. The zero-order valence-corrected chi connectivity index (χ0v) is 14.4. The maximum absolute atomic E-state index is 12.4. The summed E-state index contributed by atoms with van der Waals surface area (Å²) in [4.78, 5) is 24.0. The Labute approximate surface area is 152 Å². The molecular formula is C17H16F3N3O4. The summed E-state index contributed by atoms with van der Waals surface area (Å²) in [5, 5.41) is 13.3. The van der Waals surface area contributed by atoms with Crippen molar-refractivity contribution in [2.24, 2.45) is 0 Å². The largest absolute Gasteiger partial charge is 0.573 e. The summed E-state index contributed by atoms with van der Waals surface area (Å²) in [5.41, 5.74) is 0.543. The van der Waals surface area contributed by atoms with Crippen molar-refractivity contribution in [2.45, 2.75) is 19.3 Å². The SMILES string of the molecule is C[C@@H](c1cccc([N+](=O)[O-])c1)N(C)C(=O)Nc1cccc(OC(F)(F)F)c1. The lowest BCUT2D eigenvalue weighted by Gasteiger charge is -2.25. The molecule has 0 aliphatic rings. The topological polar surface area (TPSA) is 84.7 Å². The number of halogens is 3. The van der Waals surface area contributed by atoms with Gasteiger partial charge in [-0.2, -0.15) is 0 Å². The first-order valence-corrected chi connectivity index (χ1v) is 7.71. The van der Waals surface area contributed by atoms with Crippen molar-refractivity contribution in [3.63, 3.8) is 0 Å². The quantitative estimate of drug-likeness (QED) is 0.598. The zero-order valence-electron chi connectivity index (χ0n) is 14.4. The number of amides is 2. The fourth-order valence-electron chi connectivity index (χ4n) is 2.28. The number of non-ortho nitro benzene ring substituents is 1. The van der Waals surface area contributed by atoms with Crippen LogP contribution >= 0.6 is 0 Å². The Bertz CT molecular complexity index is 842. The van der Waals surface area contributed by atoms with Gasteiger partial charge in [-0.1, -0.05) is 18.2 Å². The summed E-state index contributed by atoms with van der Waals surface area (Å²) in [6.07, 6.45) is -4.84. The summed E-state index contributed by atoms with van der Waals surface area (Å²) in [6.45, 7) is 1.67. The molecule has 1 atom stereocenters. The first-order chi connectivity index (χ1) is 12.6. The number of carbonyl (C=O) groups excluding carboxylic acids is 1. The van der Waals surface area contributed by atoms with Gasteiger partial charge in [0.15, 0.2) is 0 Å². The smallest absolute Gasteiger partial charge is 0.406 e. The summed E-state index contributed by atoms with van der Waals surface area (Å²) in [6, 6.07) is 9.59. The number of hydrogen-bond donors (Lipinski definition) is 1. The predicted octanol–water partition coefficient (Wildman–Crippen LogP) is 4.72. The van der Waals surface area contributed by atoms with Crippen LogP contribution in [0.2, 0.25) is 0 Å². The molecule has 0 aliphatic heterocycles. The number of nitrogens with one attached hydrogen (secondary N) is 1. The molecule has 7 nitrogen and oxygen atoms in total. The van der Waals surface area contributed by atoms with Crippen molar-refractivity contribution in [3.05, 3.63) is 64.2 Å². The molecule has 0 spiro atoms. The Morgan fingerprint density at radius 1 is 1.22 bits per heavy atom. The highest BCUT2D eigenvalue weighted by atomic mass is 19.4. The number of nitrogens with zero attached hydrogens (tertiary/aromatic N) is 2. The van der Waals surface area contributed by atoms with Crippen molar-refractivity contribution in [3.8, 4) is 5.75 Å². The van der Waals surface area contributed by atoms with E-state index in [1.54, 1.807) is 13.0 Å². The Kier molecular flexibility index (Phi) is 5.88. The van der Waals surface area contributed by atoms with Gasteiger partial charge in [0, 0.05) is 30.9 Å². The van der Waals surface area contributed by atoms with Crippen LogP contribution in [0.5, 0.6) is 5.75 Å². The van der Waals surface area contributed by atoms with Gasteiger partial charge in [-0.05, 0) is 24.6 Å². The second-order valence-electron chi connectivity index (χ2n) is 5.64. The van der Waals surface area contributed by atoms with Crippen molar-refractivity contribution in [1.29, 1.82) is 0 Å². The van der Waals surface area contributed by atoms with E-state index in [-0.39, 0.29) is 11.4 Å². The van der Waals surface area contributed by atoms with E-state index in [1.165, 1.54) is 42.3 Å². The number of nitro benzene ring substituents is 1. The van der Waals surface area contributed by atoms with Crippen LogP contribution in [0, 0.1) is 10.1 Å². The molecule has 2 aromatic carbocycles. The van der Waals surface area contributed by atoms with E-state index in [0.29, 0.717) is 5.56 Å². The lowest BCUT2D eigenvalue weighted by atomic mass is 10.1. The summed E-state index contributed by atoms with van der Waals surface area (Å²) in [7, 11) is 1.47. The van der Waals surface area contributed by atoms with Crippen LogP contribution in [0.15, 0.2) is 48.5 Å². The molecule has 144 valence electrons. The van der Waals surface area contributed by atoms with Crippen molar-refractivity contribution in [1.82, 2.24) is 4.90 Å². The number of carbonyl (C=O) groups is 1. The fraction of sp³-hybridized carbons (Fsp3) is 0.235. The first kappa shape index (κ1) is 20.0. The van der Waals surface area contributed by atoms with Crippen LogP contribution in [0.4, 0.5) is 29.3 Å². The normalized spacial score (nSPS) is 12.2. The van der Waals surface area contributed by atoms with E-state index >= 15 is 0 Å². The summed E-state index contributed by atoms with van der Waals surface area (Å²) >= 11 is 0. The average Bonchev–Trinajstić information content (AvgIpc) is 2.59. The van der Waals surface area contributed by atoms with Gasteiger partial charge in [0.05, 0.1) is 11.0 Å². The van der Waals surface area contributed by atoms with Crippen molar-refractivity contribution >= 4 is 17.4 Å². The number of ether oxygens (including phenoxy) is 1. The molecular weight excluding hydrogens is 367 g/mol. The predicted molar refractivity (Wildman–Crippen MR) is 91.4 cm³/mol. The van der Waals surface area contributed by atoms with Gasteiger partial charge in [-0.3, -0.25) is 10.1 Å². The number of rotatable bonds is 5. The minimum atomic E-state index is -4.84. The molecule has 0 saturated carbocycles. The van der Waals surface area contributed by atoms with Crippen molar-refractivity contribution in [2.75, 3.05) is 12.4 Å². The molecule has 0 aliphatic carbocycles. The minimum absolute atomic E-state index is 0.106. The van der Waals surface area contributed by atoms with E-state index in [4.69, 9.17) is 0 Å². The Balaban J connectivity index is 2.10. The van der Waals surface area contributed by atoms with Gasteiger partial charge in [-0.25, -0.2) is 4.79 Å². The third-order valence-corrected chi connectivity index (χ3v) is 3.78. The lowest BCUT2D eigenvalue weighted by Crippen LogP contribution is -2.33. The monoisotopic (exact) mass is 383 g/mol. The highest BCUT2D eigenvalue weighted by Crippen LogP contribution is 2.26. The molecule has 10 heteroatoms. The Hall–Kier alpha value is -3.30. The molecule has 0 radical (unpaired) electrons. The lowest BCUT2D eigenvalue weighted by molar-refractivity contribution is -0.384. The number of urea groups is 1. The molecule has 0 aromatic heterocycles. The van der Waals surface area contributed by atoms with Gasteiger partial charge < -0.3 is 15.0 Å². The highest BCUT2D eigenvalue weighted by Gasteiger charge is 2.31. The maximum atomic E-state index is 12.4. The maximum Gasteiger partial charge on any atom is 0.573 e. The van der Waals surface area contributed by atoms with Gasteiger partial charge in [0.25, 0.3) is 5.69 Å². The van der Waals surface area contributed by atoms with E-state index in [2.05, 4.69) is 10.1 Å². The molecule has 0 saturated heterocycles. The van der Waals surface area contributed by atoms with Crippen LogP contribution in [0.3, 0.4) is 0 Å². The van der Waals surface area contributed by atoms with E-state index in [0.717, 1.165) is 12.1 Å². The average molecular weight is 383 g/mol. The van der Waals surface area contributed by atoms with E-state index < -0.39 is 29.1 Å². The third kappa shape index (κ3) is 5.59. The van der Waals surface area contributed by atoms with Crippen LogP contribution in [0.1, 0.15) is 18.5 Å². The van der Waals surface area contributed by atoms with Crippen LogP contribution in [0.25, 0.3) is 0 Å². The third-order valence-electron chi connectivity index (χ3n) is 3.78. The molecule has 0 bridgehead atoms. The standard InChI is InChI=1S/C17H16F3N3O4/c1-11(12-5-3-7-14(9-12)23(25)26)22(2)16(24)21-13-6-4-8-15(10-13)27-17(18,19)20/h3-11H,1-2H3,(H,21,24)/t11-/m0/s1. The van der Waals surface area contributed by atoms with Crippen LogP contribution < -0.4 is 10.1 Å². The van der Waals surface area contributed by atoms with E-state index in [1.807, 2.05) is 0 Å². The molecule has 0 heterocycles. The molecule has 0 unspecified atom stereocenters. The molecule has 1 N–H and O–H groups in total. The molecule has 2 aromatic rings. The fourth-order valence-corrected chi connectivity index (χ4v) is 2.28. The number of hydrogen-bond acceptors (Lipinski definition) is 4.